The molecule has 56 valence electrons. The second kappa shape index (κ2) is 2.20. The van der Waals surface area contributed by atoms with Crippen molar-refractivity contribution in [2.75, 3.05) is 5.73 Å². The fraction of sp³-hybridized carbons (Fsp3) is 0. The zero-order valence-corrected chi connectivity index (χ0v) is 7.12. The summed E-state index contributed by atoms with van der Waals surface area (Å²) in [6.45, 7) is 0. The molecule has 11 heavy (non-hydrogen) atoms. The van der Waals surface area contributed by atoms with Crippen LogP contribution in [0.1, 0.15) is 0 Å². The van der Waals surface area contributed by atoms with Crippen molar-refractivity contribution >= 4 is 27.5 Å². The molecule has 0 spiro atoms. The van der Waals surface area contributed by atoms with Crippen LogP contribution in [0.4, 0.5) is 5.82 Å². The Morgan fingerprint density at radius 3 is 2.91 bits per heavy atom. The van der Waals surface area contributed by atoms with Gasteiger partial charge in [-0.2, -0.15) is 0 Å². The van der Waals surface area contributed by atoms with E-state index in [-0.39, 0.29) is 0 Å². The minimum Gasteiger partial charge on any atom is -0.383 e. The van der Waals surface area contributed by atoms with E-state index in [0.717, 1.165) is 4.47 Å². The topological polar surface area (TPSA) is 56.2 Å². The van der Waals surface area contributed by atoms with Gasteiger partial charge in [-0.05, 0) is 15.9 Å². The lowest BCUT2D eigenvalue weighted by atomic mass is 10.6. The van der Waals surface area contributed by atoms with E-state index in [1.54, 1.807) is 16.8 Å². The van der Waals surface area contributed by atoms with Crippen LogP contribution in [0.2, 0.25) is 0 Å². The van der Waals surface area contributed by atoms with E-state index in [4.69, 9.17) is 5.73 Å². The van der Waals surface area contributed by atoms with Crippen LogP contribution in [0.5, 0.6) is 0 Å². The molecule has 0 unspecified atom stereocenters. The molecule has 0 aliphatic heterocycles. The maximum absolute atomic E-state index is 5.58. The third kappa shape index (κ3) is 0.970. The lowest BCUT2D eigenvalue weighted by Gasteiger charge is -1.94. The molecule has 2 rings (SSSR count). The van der Waals surface area contributed by atoms with E-state index in [2.05, 4.69) is 25.9 Å². The van der Waals surface area contributed by atoms with Gasteiger partial charge in [0.2, 0.25) is 5.78 Å². The zero-order valence-electron chi connectivity index (χ0n) is 5.53. The Balaban J connectivity index is 2.87. The van der Waals surface area contributed by atoms with E-state index >= 15 is 0 Å². The van der Waals surface area contributed by atoms with Gasteiger partial charge in [-0.25, -0.2) is 9.97 Å². The van der Waals surface area contributed by atoms with E-state index in [0.29, 0.717) is 11.6 Å². The minimum atomic E-state index is 0.591. The van der Waals surface area contributed by atoms with Crippen molar-refractivity contribution in [3.05, 3.63) is 23.1 Å². The molecule has 5 heteroatoms. The summed E-state index contributed by atoms with van der Waals surface area (Å²) in [5.41, 5.74) is 5.58. The van der Waals surface area contributed by atoms with E-state index < -0.39 is 0 Å². The molecule has 0 aliphatic rings. The van der Waals surface area contributed by atoms with Gasteiger partial charge < -0.3 is 5.73 Å². The number of halogens is 1. The molecule has 0 amide bonds. The highest BCUT2D eigenvalue weighted by molar-refractivity contribution is 9.10. The molecule has 2 heterocycles. The van der Waals surface area contributed by atoms with E-state index in [9.17, 15) is 0 Å². The van der Waals surface area contributed by atoms with Gasteiger partial charge in [-0.15, -0.1) is 0 Å². The van der Waals surface area contributed by atoms with Crippen LogP contribution >= 0.6 is 15.9 Å². The summed E-state index contributed by atoms with van der Waals surface area (Å²) in [6, 6.07) is 0. The Hall–Kier alpha value is -1.10. The summed E-state index contributed by atoms with van der Waals surface area (Å²) in [7, 11) is 0. The first kappa shape index (κ1) is 6.60. The average molecular weight is 213 g/mol. The van der Waals surface area contributed by atoms with E-state index in [1.807, 2.05) is 6.20 Å². The highest BCUT2D eigenvalue weighted by Crippen LogP contribution is 2.11. The Bertz CT molecular complexity index is 394. The summed E-state index contributed by atoms with van der Waals surface area (Å²) in [4.78, 5) is 7.99. The SMILES string of the molecule is Nc1cnc2ncc(Br)cn12. The molecule has 2 aromatic heterocycles. The molecule has 0 saturated carbocycles. The van der Waals surface area contributed by atoms with Crippen molar-refractivity contribution in [2.45, 2.75) is 0 Å². The van der Waals surface area contributed by atoms with Crippen LogP contribution in [0.25, 0.3) is 5.78 Å². The van der Waals surface area contributed by atoms with Crippen LogP contribution in [0.15, 0.2) is 23.1 Å². The average Bonchev–Trinajstić information content (AvgIpc) is 2.33. The fourth-order valence-electron chi connectivity index (χ4n) is 0.868. The number of imidazole rings is 1. The Morgan fingerprint density at radius 1 is 1.36 bits per heavy atom. The van der Waals surface area contributed by atoms with Gasteiger partial charge >= 0.3 is 0 Å². The quantitative estimate of drug-likeness (QED) is 0.712. The Kier molecular flexibility index (Phi) is 1.32. The van der Waals surface area contributed by atoms with Crippen molar-refractivity contribution in [2.24, 2.45) is 0 Å². The maximum atomic E-state index is 5.58. The summed E-state index contributed by atoms with van der Waals surface area (Å²) < 4.78 is 2.60. The predicted octanol–water partition coefficient (Wildman–Crippen LogP) is 1.07. The molecule has 0 fully saturated rings. The first-order valence-corrected chi connectivity index (χ1v) is 3.81. The molecule has 2 aromatic rings. The number of nitrogen functional groups attached to an aromatic ring is 1. The molecule has 0 bridgehead atoms. The summed E-state index contributed by atoms with van der Waals surface area (Å²) in [5, 5.41) is 0. The normalized spacial score (nSPS) is 10.6. The van der Waals surface area contributed by atoms with Crippen LogP contribution < -0.4 is 5.73 Å². The summed E-state index contributed by atoms with van der Waals surface area (Å²) in [5.74, 6) is 1.21. The third-order valence-electron chi connectivity index (χ3n) is 1.36. The number of hydrogen-bond acceptors (Lipinski definition) is 3. The van der Waals surface area contributed by atoms with Gasteiger partial charge in [-0.1, -0.05) is 0 Å². The van der Waals surface area contributed by atoms with Crippen molar-refractivity contribution in [1.29, 1.82) is 0 Å². The first-order chi connectivity index (χ1) is 5.27. The molecule has 2 N–H and O–H groups in total. The third-order valence-corrected chi connectivity index (χ3v) is 1.77. The minimum absolute atomic E-state index is 0.591. The molecule has 0 atom stereocenters. The van der Waals surface area contributed by atoms with Gasteiger partial charge in [0.1, 0.15) is 5.82 Å². The van der Waals surface area contributed by atoms with Crippen molar-refractivity contribution in [1.82, 2.24) is 14.4 Å². The number of aromatic nitrogens is 3. The lowest BCUT2D eigenvalue weighted by Crippen LogP contribution is -1.93. The summed E-state index contributed by atoms with van der Waals surface area (Å²) >= 11 is 3.28. The Morgan fingerprint density at radius 2 is 2.09 bits per heavy atom. The molecule has 0 aromatic carbocycles. The number of anilines is 1. The van der Waals surface area contributed by atoms with E-state index in [1.165, 1.54) is 0 Å². The van der Waals surface area contributed by atoms with Crippen LogP contribution in [0, 0.1) is 0 Å². The molecular weight excluding hydrogens is 208 g/mol. The molecular formula is C6H5BrN4. The van der Waals surface area contributed by atoms with Gasteiger partial charge in [0, 0.05) is 12.4 Å². The maximum Gasteiger partial charge on any atom is 0.235 e. The largest absolute Gasteiger partial charge is 0.383 e. The summed E-state index contributed by atoms with van der Waals surface area (Å²) in [6.07, 6.45) is 5.08. The first-order valence-electron chi connectivity index (χ1n) is 3.01. The Labute approximate surface area is 71.2 Å². The van der Waals surface area contributed by atoms with Gasteiger partial charge in [0.25, 0.3) is 0 Å². The van der Waals surface area contributed by atoms with Crippen LogP contribution in [-0.4, -0.2) is 14.4 Å². The van der Waals surface area contributed by atoms with Gasteiger partial charge in [0.15, 0.2) is 0 Å². The predicted molar refractivity (Wildman–Crippen MR) is 45.1 cm³/mol. The van der Waals surface area contributed by atoms with Crippen molar-refractivity contribution in [3.8, 4) is 0 Å². The van der Waals surface area contributed by atoms with Crippen LogP contribution in [0.3, 0.4) is 0 Å². The smallest absolute Gasteiger partial charge is 0.235 e. The highest BCUT2D eigenvalue weighted by Gasteiger charge is 1.99. The number of nitrogens with zero attached hydrogens (tertiary/aromatic N) is 3. The van der Waals surface area contributed by atoms with Crippen LogP contribution in [-0.2, 0) is 0 Å². The molecule has 0 aliphatic carbocycles. The zero-order chi connectivity index (χ0) is 7.84. The highest BCUT2D eigenvalue weighted by atomic mass is 79.9. The fourth-order valence-corrected chi connectivity index (χ4v) is 1.17. The van der Waals surface area contributed by atoms with Crippen molar-refractivity contribution < 1.29 is 0 Å². The molecule has 4 nitrogen and oxygen atoms in total. The monoisotopic (exact) mass is 212 g/mol. The van der Waals surface area contributed by atoms with Gasteiger partial charge in [0.05, 0.1) is 10.7 Å². The second-order valence-corrected chi connectivity index (χ2v) is 3.04. The standard InChI is InChI=1S/C6H5BrN4/c7-4-1-9-6-10-2-5(8)11(6)3-4/h1-3H,8H2. The molecule has 0 radical (unpaired) electrons. The number of nitrogens with two attached hydrogens (primary N) is 1. The number of fused-ring (bicyclic) bond motifs is 1. The second-order valence-electron chi connectivity index (χ2n) is 2.13. The number of rotatable bonds is 0. The van der Waals surface area contributed by atoms with Crippen molar-refractivity contribution in [3.63, 3.8) is 0 Å². The van der Waals surface area contributed by atoms with Gasteiger partial charge in [-0.3, -0.25) is 4.40 Å². The number of hydrogen-bond donors (Lipinski definition) is 1. The lowest BCUT2D eigenvalue weighted by molar-refractivity contribution is 1.10. The molecule has 0 saturated heterocycles.